The van der Waals surface area contributed by atoms with Gasteiger partial charge in [0.1, 0.15) is 0 Å². The van der Waals surface area contributed by atoms with Crippen molar-refractivity contribution in [2.45, 2.75) is 52.6 Å². The number of nitrogens with one attached hydrogen (secondary N) is 1. The van der Waals surface area contributed by atoms with E-state index < -0.39 is 0 Å². The van der Waals surface area contributed by atoms with Crippen molar-refractivity contribution in [1.29, 1.82) is 0 Å². The van der Waals surface area contributed by atoms with E-state index in [0.29, 0.717) is 6.04 Å². The molecule has 1 aromatic heterocycles. The maximum absolute atomic E-state index is 4.62. The third kappa shape index (κ3) is 2.75. The molecule has 112 valence electrons. The Kier molecular flexibility index (Phi) is 4.11. The van der Waals surface area contributed by atoms with Crippen LogP contribution in [0.2, 0.25) is 0 Å². The van der Waals surface area contributed by atoms with E-state index in [2.05, 4.69) is 60.3 Å². The van der Waals surface area contributed by atoms with Gasteiger partial charge in [0.05, 0.1) is 5.69 Å². The van der Waals surface area contributed by atoms with Crippen LogP contribution in [0.25, 0.3) is 11.1 Å². The van der Waals surface area contributed by atoms with Crippen molar-refractivity contribution in [3.8, 4) is 11.1 Å². The molecule has 1 aromatic carbocycles. The Balaban J connectivity index is 1.91. The Hall–Kier alpha value is -1.61. The quantitative estimate of drug-likeness (QED) is 0.903. The summed E-state index contributed by atoms with van der Waals surface area (Å²) in [4.78, 5) is 0. The zero-order valence-corrected chi connectivity index (χ0v) is 13.3. The van der Waals surface area contributed by atoms with Crippen LogP contribution in [0.3, 0.4) is 0 Å². The number of hydrogen-bond donors (Lipinski definition) is 1. The molecule has 2 aromatic rings. The van der Waals surface area contributed by atoms with Gasteiger partial charge in [-0.2, -0.15) is 5.10 Å². The van der Waals surface area contributed by atoms with Crippen LogP contribution in [0.1, 0.15) is 49.6 Å². The van der Waals surface area contributed by atoms with E-state index >= 15 is 0 Å². The third-order valence-corrected chi connectivity index (χ3v) is 4.38. The van der Waals surface area contributed by atoms with Gasteiger partial charge < -0.3 is 5.32 Å². The third-order valence-electron chi connectivity index (χ3n) is 4.38. The molecule has 1 heterocycles. The van der Waals surface area contributed by atoms with E-state index in [4.69, 9.17) is 0 Å². The van der Waals surface area contributed by atoms with Crippen LogP contribution < -0.4 is 5.32 Å². The lowest BCUT2D eigenvalue weighted by Crippen LogP contribution is -2.18. The molecule has 0 amide bonds. The lowest BCUT2D eigenvalue weighted by Gasteiger charge is -2.12. The van der Waals surface area contributed by atoms with Gasteiger partial charge in [0.2, 0.25) is 0 Å². The fourth-order valence-corrected chi connectivity index (χ4v) is 3.39. The molecule has 0 aliphatic heterocycles. The van der Waals surface area contributed by atoms with E-state index in [1.165, 1.54) is 35.1 Å². The normalized spacial score (nSPS) is 17.2. The molecule has 0 spiro atoms. The smallest absolute Gasteiger partial charge is 0.0672 e. The van der Waals surface area contributed by atoms with E-state index in [9.17, 15) is 0 Å². The van der Waals surface area contributed by atoms with Crippen LogP contribution in [0.4, 0.5) is 0 Å². The highest BCUT2D eigenvalue weighted by atomic mass is 15.3. The summed E-state index contributed by atoms with van der Waals surface area (Å²) in [5, 5.41) is 8.19. The first-order valence-electron chi connectivity index (χ1n) is 8.13. The van der Waals surface area contributed by atoms with Crippen LogP contribution in [0, 0.1) is 6.92 Å². The van der Waals surface area contributed by atoms with Crippen molar-refractivity contribution in [2.24, 2.45) is 0 Å². The molecule has 21 heavy (non-hydrogen) atoms. The molecular formula is C18H25N3. The standard InChI is InChI=1S/C18H25N3/c1-4-10-21-12-17(13(3)20-21)15-6-8-16-14(11-15)7-9-18(16)19-5-2/h6,8,11-12,18-19H,4-5,7,9-10H2,1-3H3. The molecule has 3 rings (SSSR count). The largest absolute Gasteiger partial charge is 0.310 e. The molecule has 1 atom stereocenters. The molecule has 0 radical (unpaired) electrons. The molecule has 3 heteroatoms. The monoisotopic (exact) mass is 283 g/mol. The van der Waals surface area contributed by atoms with Gasteiger partial charge in [-0.05, 0) is 49.4 Å². The average molecular weight is 283 g/mol. The van der Waals surface area contributed by atoms with Crippen molar-refractivity contribution >= 4 is 0 Å². The highest BCUT2D eigenvalue weighted by Crippen LogP contribution is 2.34. The second-order valence-corrected chi connectivity index (χ2v) is 5.95. The highest BCUT2D eigenvalue weighted by molar-refractivity contribution is 5.67. The second kappa shape index (κ2) is 6.02. The van der Waals surface area contributed by atoms with E-state index in [1.54, 1.807) is 0 Å². The maximum atomic E-state index is 4.62. The molecule has 3 nitrogen and oxygen atoms in total. The van der Waals surface area contributed by atoms with Crippen LogP contribution in [-0.2, 0) is 13.0 Å². The maximum Gasteiger partial charge on any atom is 0.0672 e. The minimum absolute atomic E-state index is 0.544. The molecule has 1 N–H and O–H groups in total. The second-order valence-electron chi connectivity index (χ2n) is 5.95. The number of rotatable bonds is 5. The van der Waals surface area contributed by atoms with Gasteiger partial charge in [-0.25, -0.2) is 0 Å². The number of benzene rings is 1. The van der Waals surface area contributed by atoms with Gasteiger partial charge in [0, 0.05) is 24.3 Å². The van der Waals surface area contributed by atoms with Crippen molar-refractivity contribution in [3.05, 3.63) is 41.2 Å². The van der Waals surface area contributed by atoms with Gasteiger partial charge in [-0.15, -0.1) is 0 Å². The minimum atomic E-state index is 0.544. The van der Waals surface area contributed by atoms with E-state index in [-0.39, 0.29) is 0 Å². The van der Waals surface area contributed by atoms with Gasteiger partial charge >= 0.3 is 0 Å². The molecule has 0 saturated carbocycles. The average Bonchev–Trinajstić information content (AvgIpc) is 3.03. The summed E-state index contributed by atoms with van der Waals surface area (Å²) < 4.78 is 2.07. The lowest BCUT2D eigenvalue weighted by atomic mass is 10.0. The Morgan fingerprint density at radius 3 is 2.95 bits per heavy atom. The number of aromatic nitrogens is 2. The van der Waals surface area contributed by atoms with Gasteiger partial charge in [0.15, 0.2) is 0 Å². The number of nitrogens with zero attached hydrogens (tertiary/aromatic N) is 2. The van der Waals surface area contributed by atoms with E-state index in [1.807, 2.05) is 0 Å². The van der Waals surface area contributed by atoms with Crippen molar-refractivity contribution < 1.29 is 0 Å². The topological polar surface area (TPSA) is 29.9 Å². The fourth-order valence-electron chi connectivity index (χ4n) is 3.39. The molecule has 1 unspecified atom stereocenters. The van der Waals surface area contributed by atoms with Crippen molar-refractivity contribution in [2.75, 3.05) is 6.54 Å². The highest BCUT2D eigenvalue weighted by Gasteiger charge is 2.22. The van der Waals surface area contributed by atoms with Crippen molar-refractivity contribution in [3.63, 3.8) is 0 Å². The first kappa shape index (κ1) is 14.3. The zero-order valence-electron chi connectivity index (χ0n) is 13.3. The minimum Gasteiger partial charge on any atom is -0.310 e. The molecular weight excluding hydrogens is 258 g/mol. The van der Waals surface area contributed by atoms with Crippen LogP contribution in [-0.4, -0.2) is 16.3 Å². The summed E-state index contributed by atoms with van der Waals surface area (Å²) in [5.41, 5.74) is 6.70. The predicted molar refractivity (Wildman–Crippen MR) is 87.4 cm³/mol. The molecule has 0 saturated heterocycles. The van der Waals surface area contributed by atoms with Crippen molar-refractivity contribution in [1.82, 2.24) is 15.1 Å². The summed E-state index contributed by atoms with van der Waals surface area (Å²) in [7, 11) is 0. The Labute approximate surface area is 127 Å². The molecule has 1 aliphatic rings. The SMILES string of the molecule is CCCn1cc(-c2ccc3c(c2)CCC3NCC)c(C)n1. The Morgan fingerprint density at radius 1 is 1.33 bits per heavy atom. The Morgan fingerprint density at radius 2 is 2.19 bits per heavy atom. The summed E-state index contributed by atoms with van der Waals surface area (Å²) in [6.45, 7) is 8.50. The summed E-state index contributed by atoms with van der Waals surface area (Å²) in [6.07, 6.45) is 5.72. The lowest BCUT2D eigenvalue weighted by molar-refractivity contribution is 0.549. The van der Waals surface area contributed by atoms with Gasteiger partial charge in [-0.3, -0.25) is 4.68 Å². The predicted octanol–water partition coefficient (Wildman–Crippen LogP) is 3.87. The summed E-state index contributed by atoms with van der Waals surface area (Å²) in [5.74, 6) is 0. The summed E-state index contributed by atoms with van der Waals surface area (Å²) in [6, 6.07) is 7.48. The van der Waals surface area contributed by atoms with E-state index in [0.717, 1.165) is 25.2 Å². The number of hydrogen-bond acceptors (Lipinski definition) is 2. The molecule has 0 bridgehead atoms. The Bertz CT molecular complexity index is 627. The molecule has 1 aliphatic carbocycles. The summed E-state index contributed by atoms with van der Waals surface area (Å²) >= 11 is 0. The van der Waals surface area contributed by atoms with Gasteiger partial charge in [-0.1, -0.05) is 32.0 Å². The number of fused-ring (bicyclic) bond motifs is 1. The van der Waals surface area contributed by atoms with Crippen LogP contribution >= 0.6 is 0 Å². The van der Waals surface area contributed by atoms with Crippen LogP contribution in [0.5, 0.6) is 0 Å². The fraction of sp³-hybridized carbons (Fsp3) is 0.500. The molecule has 0 fully saturated rings. The van der Waals surface area contributed by atoms with Gasteiger partial charge in [0.25, 0.3) is 0 Å². The van der Waals surface area contributed by atoms with Crippen LogP contribution in [0.15, 0.2) is 24.4 Å². The first-order valence-corrected chi connectivity index (χ1v) is 8.13. The first-order chi connectivity index (χ1) is 10.2. The zero-order chi connectivity index (χ0) is 14.8. The number of aryl methyl sites for hydroxylation is 3.